The molecule has 1 aliphatic rings. The first kappa shape index (κ1) is 14.7. The predicted molar refractivity (Wildman–Crippen MR) is 80.2 cm³/mol. The Balaban J connectivity index is 2.21. The molecule has 1 heterocycles. The second-order valence-electron chi connectivity index (χ2n) is 4.69. The molecule has 0 unspecified atom stereocenters. The third-order valence-corrected chi connectivity index (χ3v) is 4.32. The topological polar surface area (TPSA) is 60.9 Å². The predicted octanol–water partition coefficient (Wildman–Crippen LogP) is 2.40. The highest BCUT2D eigenvalue weighted by atomic mass is 32.2. The van der Waals surface area contributed by atoms with E-state index in [0.717, 1.165) is 11.3 Å². The van der Waals surface area contributed by atoms with Crippen molar-refractivity contribution in [1.29, 1.82) is 0 Å². The summed E-state index contributed by atoms with van der Waals surface area (Å²) in [6.45, 7) is 4.38. The van der Waals surface area contributed by atoms with E-state index in [0.29, 0.717) is 18.2 Å². The van der Waals surface area contributed by atoms with Gasteiger partial charge in [-0.1, -0.05) is 17.7 Å². The molecule has 2 amide bonds. The Morgan fingerprint density at radius 3 is 2.60 bits per heavy atom. The zero-order chi connectivity index (χ0) is 14.7. The van der Waals surface area contributed by atoms with Gasteiger partial charge in [-0.05, 0) is 26.0 Å². The third-order valence-electron chi connectivity index (χ3n) is 3.31. The number of carboxylic acids is 1. The first-order valence-electron chi connectivity index (χ1n) is 6.50. The van der Waals surface area contributed by atoms with Gasteiger partial charge in [0.25, 0.3) is 0 Å². The van der Waals surface area contributed by atoms with Gasteiger partial charge >= 0.3 is 12.0 Å². The van der Waals surface area contributed by atoms with Crippen LogP contribution in [0.25, 0.3) is 0 Å². The second-order valence-corrected chi connectivity index (χ2v) is 5.69. The standard InChI is InChI=1S/C14H18N2O3S/c1-3-15(11-6-4-10(2)5-7-11)14(19)16-9-20-8-12(16)13(17)18/h4-7,12H,3,8-9H2,1-2H3,(H,17,18)/t12-/m0/s1. The molecule has 6 heteroatoms. The van der Waals surface area contributed by atoms with Crippen LogP contribution in [0.3, 0.4) is 0 Å². The molecule has 1 aromatic rings. The van der Waals surface area contributed by atoms with Crippen LogP contribution in [0, 0.1) is 6.92 Å². The summed E-state index contributed by atoms with van der Waals surface area (Å²) >= 11 is 1.47. The quantitative estimate of drug-likeness (QED) is 0.930. The van der Waals surface area contributed by atoms with Crippen molar-refractivity contribution in [2.45, 2.75) is 19.9 Å². The molecular weight excluding hydrogens is 276 g/mol. The molecular formula is C14H18N2O3S. The fourth-order valence-electron chi connectivity index (χ4n) is 2.14. The summed E-state index contributed by atoms with van der Waals surface area (Å²) in [4.78, 5) is 26.8. The highest BCUT2D eigenvalue weighted by Gasteiger charge is 2.36. The van der Waals surface area contributed by atoms with E-state index >= 15 is 0 Å². The number of nitrogens with zero attached hydrogens (tertiary/aromatic N) is 2. The number of hydrogen-bond acceptors (Lipinski definition) is 3. The van der Waals surface area contributed by atoms with E-state index in [1.54, 1.807) is 4.90 Å². The molecule has 1 atom stereocenters. The zero-order valence-electron chi connectivity index (χ0n) is 11.6. The van der Waals surface area contributed by atoms with Gasteiger partial charge in [-0.25, -0.2) is 9.59 Å². The van der Waals surface area contributed by atoms with Gasteiger partial charge < -0.3 is 10.0 Å². The fourth-order valence-corrected chi connectivity index (χ4v) is 3.28. The first-order chi connectivity index (χ1) is 9.54. The Morgan fingerprint density at radius 2 is 2.05 bits per heavy atom. The van der Waals surface area contributed by atoms with Crippen LogP contribution in [0.1, 0.15) is 12.5 Å². The molecule has 0 aliphatic carbocycles. The van der Waals surface area contributed by atoms with Crippen molar-refractivity contribution >= 4 is 29.4 Å². The number of thioether (sulfide) groups is 1. The highest BCUT2D eigenvalue weighted by molar-refractivity contribution is 7.99. The van der Waals surface area contributed by atoms with Crippen LogP contribution >= 0.6 is 11.8 Å². The molecule has 1 aliphatic heterocycles. The number of amides is 2. The molecule has 0 bridgehead atoms. The Bertz CT molecular complexity index is 504. The number of aliphatic carboxylic acids is 1. The summed E-state index contributed by atoms with van der Waals surface area (Å²) in [5.74, 6) is -0.0617. The van der Waals surface area contributed by atoms with Crippen molar-refractivity contribution in [3.05, 3.63) is 29.8 Å². The normalized spacial score (nSPS) is 18.1. The van der Waals surface area contributed by atoms with E-state index < -0.39 is 12.0 Å². The lowest BCUT2D eigenvalue weighted by Crippen LogP contribution is -2.48. The Labute approximate surface area is 122 Å². The third kappa shape index (κ3) is 2.90. The maximum Gasteiger partial charge on any atom is 0.327 e. The molecule has 1 saturated heterocycles. The number of carbonyl (C=O) groups is 2. The number of urea groups is 1. The van der Waals surface area contributed by atoms with Crippen LogP contribution in [0.4, 0.5) is 10.5 Å². The smallest absolute Gasteiger partial charge is 0.327 e. The lowest BCUT2D eigenvalue weighted by Gasteiger charge is -2.29. The molecule has 0 aromatic heterocycles. The summed E-state index contributed by atoms with van der Waals surface area (Å²) in [5.41, 5.74) is 1.92. The summed E-state index contributed by atoms with van der Waals surface area (Å²) in [6.07, 6.45) is 0. The van der Waals surface area contributed by atoms with Gasteiger partial charge in [-0.2, -0.15) is 0 Å². The van der Waals surface area contributed by atoms with Crippen LogP contribution < -0.4 is 4.90 Å². The maximum absolute atomic E-state index is 12.6. The molecule has 0 spiro atoms. The van der Waals surface area contributed by atoms with Crippen molar-refractivity contribution in [3.8, 4) is 0 Å². The zero-order valence-corrected chi connectivity index (χ0v) is 12.4. The lowest BCUT2D eigenvalue weighted by atomic mass is 10.2. The number of carboxylic acid groups (broad SMARTS) is 1. The number of rotatable bonds is 3. The second kappa shape index (κ2) is 6.17. The number of benzene rings is 1. The average Bonchev–Trinajstić information content (AvgIpc) is 2.91. The summed E-state index contributed by atoms with van der Waals surface area (Å²) in [6, 6.07) is 6.68. The van der Waals surface area contributed by atoms with Gasteiger partial charge in [0.2, 0.25) is 0 Å². The van der Waals surface area contributed by atoms with E-state index in [1.165, 1.54) is 16.7 Å². The Hall–Kier alpha value is -1.69. The minimum absolute atomic E-state index is 0.242. The van der Waals surface area contributed by atoms with Gasteiger partial charge in [0.05, 0.1) is 5.88 Å². The minimum atomic E-state index is -0.941. The van der Waals surface area contributed by atoms with Crippen molar-refractivity contribution in [2.24, 2.45) is 0 Å². The Kier molecular flexibility index (Phi) is 4.54. The summed E-state index contributed by atoms with van der Waals surface area (Å²) in [7, 11) is 0. The fraction of sp³-hybridized carbons (Fsp3) is 0.429. The van der Waals surface area contributed by atoms with E-state index in [1.807, 2.05) is 38.1 Å². The van der Waals surface area contributed by atoms with Gasteiger partial charge in [0.15, 0.2) is 0 Å². The van der Waals surface area contributed by atoms with Crippen molar-refractivity contribution in [2.75, 3.05) is 23.1 Å². The monoisotopic (exact) mass is 294 g/mol. The van der Waals surface area contributed by atoms with Crippen molar-refractivity contribution in [3.63, 3.8) is 0 Å². The molecule has 0 saturated carbocycles. The summed E-state index contributed by atoms with van der Waals surface area (Å²) < 4.78 is 0. The van der Waals surface area contributed by atoms with Crippen LogP contribution in [0.2, 0.25) is 0 Å². The Morgan fingerprint density at radius 1 is 1.40 bits per heavy atom. The molecule has 20 heavy (non-hydrogen) atoms. The van der Waals surface area contributed by atoms with Gasteiger partial charge in [0, 0.05) is 18.0 Å². The van der Waals surface area contributed by atoms with Gasteiger partial charge in [-0.15, -0.1) is 11.8 Å². The lowest BCUT2D eigenvalue weighted by molar-refractivity contribution is -0.140. The number of hydrogen-bond donors (Lipinski definition) is 1. The minimum Gasteiger partial charge on any atom is -0.480 e. The van der Waals surface area contributed by atoms with Crippen LogP contribution in [0.15, 0.2) is 24.3 Å². The maximum atomic E-state index is 12.6. The van der Waals surface area contributed by atoms with E-state index in [9.17, 15) is 9.59 Å². The van der Waals surface area contributed by atoms with Crippen molar-refractivity contribution < 1.29 is 14.7 Å². The van der Waals surface area contributed by atoms with Crippen LogP contribution in [0.5, 0.6) is 0 Å². The van der Waals surface area contributed by atoms with Gasteiger partial charge in [0.1, 0.15) is 6.04 Å². The highest BCUT2D eigenvalue weighted by Crippen LogP contribution is 2.25. The number of aryl methyl sites for hydroxylation is 1. The van der Waals surface area contributed by atoms with Crippen LogP contribution in [-0.2, 0) is 4.79 Å². The van der Waals surface area contributed by atoms with Crippen molar-refractivity contribution in [1.82, 2.24) is 4.90 Å². The molecule has 1 aromatic carbocycles. The molecule has 108 valence electrons. The molecule has 1 N–H and O–H groups in total. The van der Waals surface area contributed by atoms with Gasteiger partial charge in [-0.3, -0.25) is 4.90 Å². The average molecular weight is 294 g/mol. The largest absolute Gasteiger partial charge is 0.480 e. The van der Waals surface area contributed by atoms with E-state index in [4.69, 9.17) is 5.11 Å². The number of carbonyl (C=O) groups excluding carboxylic acids is 1. The molecule has 5 nitrogen and oxygen atoms in total. The molecule has 1 fully saturated rings. The SMILES string of the molecule is CCN(C(=O)N1CSC[C@H]1C(=O)O)c1ccc(C)cc1. The van der Waals surface area contributed by atoms with Crippen LogP contribution in [-0.4, -0.2) is 46.2 Å². The van der Waals surface area contributed by atoms with E-state index in [-0.39, 0.29) is 6.03 Å². The first-order valence-corrected chi connectivity index (χ1v) is 7.65. The molecule has 0 radical (unpaired) electrons. The molecule has 2 rings (SSSR count). The van der Waals surface area contributed by atoms with E-state index in [2.05, 4.69) is 0 Å². The summed E-state index contributed by atoms with van der Waals surface area (Å²) in [5, 5.41) is 9.17. The number of anilines is 1.